The van der Waals surface area contributed by atoms with E-state index in [1.165, 1.54) is 24.2 Å². The van der Waals surface area contributed by atoms with Crippen molar-refractivity contribution in [2.24, 2.45) is 0 Å². The number of ether oxygens (including phenoxy) is 1. The lowest BCUT2D eigenvalue weighted by atomic mass is 10.1. The Morgan fingerprint density at radius 2 is 1.85 bits per heavy atom. The van der Waals surface area contributed by atoms with Crippen LogP contribution in [-0.2, 0) is 12.6 Å². The van der Waals surface area contributed by atoms with Gasteiger partial charge in [-0.25, -0.2) is 4.79 Å². The number of benzene rings is 2. The molecule has 11 heteroatoms. The van der Waals surface area contributed by atoms with Gasteiger partial charge in [0.15, 0.2) is 0 Å². The van der Waals surface area contributed by atoms with E-state index in [-0.39, 0.29) is 22.3 Å². The lowest BCUT2D eigenvalue weighted by molar-refractivity contribution is -0.137. The van der Waals surface area contributed by atoms with Gasteiger partial charge < -0.3 is 15.4 Å². The third kappa shape index (κ3) is 4.91. The Kier molecular flexibility index (Phi) is 6.34. The molecule has 0 radical (unpaired) electrons. The molecule has 0 spiro atoms. The number of carbonyl (C=O) groups is 2. The molecule has 0 bridgehead atoms. The van der Waals surface area contributed by atoms with E-state index >= 15 is 0 Å². The molecule has 0 fully saturated rings. The molecule has 0 saturated carbocycles. The SMILES string of the molecule is CNC(=O)c1cc(Oc2ccc3c(c2)CCN3C(=O)Nc2cc(C(F)(F)F)ccc2Cl)ccn1. The average molecular weight is 491 g/mol. The Bertz CT molecular complexity index is 1270. The Hall–Kier alpha value is -3.79. The molecule has 0 unspecified atom stereocenters. The highest BCUT2D eigenvalue weighted by Gasteiger charge is 2.32. The zero-order valence-electron chi connectivity index (χ0n) is 17.7. The number of urea groups is 1. The number of alkyl halides is 3. The third-order valence-corrected chi connectivity index (χ3v) is 5.48. The first kappa shape index (κ1) is 23.4. The van der Waals surface area contributed by atoms with Crippen LogP contribution in [-0.4, -0.2) is 30.5 Å². The van der Waals surface area contributed by atoms with Gasteiger partial charge in [-0.15, -0.1) is 0 Å². The minimum Gasteiger partial charge on any atom is -0.457 e. The maximum absolute atomic E-state index is 13.0. The van der Waals surface area contributed by atoms with Crippen LogP contribution in [0.5, 0.6) is 11.5 Å². The average Bonchev–Trinajstić information content (AvgIpc) is 3.23. The first-order chi connectivity index (χ1) is 16.2. The summed E-state index contributed by atoms with van der Waals surface area (Å²) in [6.07, 6.45) is -2.58. The minimum absolute atomic E-state index is 0.00186. The van der Waals surface area contributed by atoms with Crippen LogP contribution in [0, 0.1) is 0 Å². The standard InChI is InChI=1S/C23H18ClF3N4O3/c1-28-21(32)19-12-16(6-8-29-19)34-15-3-5-20-13(10-15)7-9-31(20)22(33)30-18-11-14(23(25,26)27)2-4-17(18)24/h2-6,8,10-12H,7,9H2,1H3,(H,28,32)(H,30,33). The molecular formula is C23H18ClF3N4O3. The van der Waals surface area contributed by atoms with E-state index < -0.39 is 17.8 Å². The predicted molar refractivity (Wildman–Crippen MR) is 121 cm³/mol. The number of halogens is 4. The molecule has 0 aliphatic carbocycles. The van der Waals surface area contributed by atoms with Crippen LogP contribution in [0.3, 0.4) is 0 Å². The Labute approximate surface area is 197 Å². The Morgan fingerprint density at radius 1 is 1.09 bits per heavy atom. The first-order valence-corrected chi connectivity index (χ1v) is 10.5. The van der Waals surface area contributed by atoms with Crippen LogP contribution in [0.25, 0.3) is 0 Å². The monoisotopic (exact) mass is 490 g/mol. The summed E-state index contributed by atoms with van der Waals surface area (Å²) in [6.45, 7) is 0.331. The van der Waals surface area contributed by atoms with Crippen molar-refractivity contribution in [2.45, 2.75) is 12.6 Å². The molecule has 176 valence electrons. The second kappa shape index (κ2) is 9.22. The maximum Gasteiger partial charge on any atom is 0.416 e. The van der Waals surface area contributed by atoms with Gasteiger partial charge in [-0.2, -0.15) is 13.2 Å². The summed E-state index contributed by atoms with van der Waals surface area (Å²) in [6, 6.07) is 10.4. The van der Waals surface area contributed by atoms with Crippen LogP contribution in [0.2, 0.25) is 5.02 Å². The molecule has 3 amide bonds. The van der Waals surface area contributed by atoms with Crippen molar-refractivity contribution < 1.29 is 27.5 Å². The number of anilines is 2. The van der Waals surface area contributed by atoms with Crippen molar-refractivity contribution in [1.29, 1.82) is 0 Å². The van der Waals surface area contributed by atoms with E-state index in [0.717, 1.165) is 23.8 Å². The van der Waals surface area contributed by atoms with Crippen molar-refractivity contribution >= 4 is 34.9 Å². The van der Waals surface area contributed by atoms with Crippen molar-refractivity contribution in [2.75, 3.05) is 23.8 Å². The topological polar surface area (TPSA) is 83.6 Å². The number of rotatable bonds is 4. The smallest absolute Gasteiger partial charge is 0.416 e. The second-order valence-electron chi connectivity index (χ2n) is 7.37. The van der Waals surface area contributed by atoms with Crippen molar-refractivity contribution in [3.05, 3.63) is 76.6 Å². The molecule has 3 aromatic rings. The van der Waals surface area contributed by atoms with Gasteiger partial charge in [0, 0.05) is 31.5 Å². The predicted octanol–water partition coefficient (Wildman–Crippen LogP) is 5.50. The van der Waals surface area contributed by atoms with Gasteiger partial charge in [0.2, 0.25) is 0 Å². The summed E-state index contributed by atoms with van der Waals surface area (Å²) < 4.78 is 44.9. The molecule has 4 rings (SSSR count). The summed E-state index contributed by atoms with van der Waals surface area (Å²) >= 11 is 5.99. The molecule has 1 aromatic heterocycles. The highest BCUT2D eigenvalue weighted by molar-refractivity contribution is 6.33. The lowest BCUT2D eigenvalue weighted by Gasteiger charge is -2.19. The van der Waals surface area contributed by atoms with Crippen LogP contribution >= 0.6 is 11.6 Å². The quantitative estimate of drug-likeness (QED) is 0.506. The number of amides is 3. The Balaban J connectivity index is 1.50. The zero-order valence-corrected chi connectivity index (χ0v) is 18.5. The van der Waals surface area contributed by atoms with Gasteiger partial charge in [0.25, 0.3) is 5.91 Å². The zero-order chi connectivity index (χ0) is 24.5. The largest absolute Gasteiger partial charge is 0.457 e. The van der Waals surface area contributed by atoms with Gasteiger partial charge in [0.1, 0.15) is 17.2 Å². The van der Waals surface area contributed by atoms with E-state index in [0.29, 0.717) is 30.2 Å². The summed E-state index contributed by atoms with van der Waals surface area (Å²) in [7, 11) is 1.50. The van der Waals surface area contributed by atoms with Crippen LogP contribution < -0.4 is 20.3 Å². The molecule has 1 aliphatic rings. The van der Waals surface area contributed by atoms with Gasteiger partial charge in [-0.3, -0.25) is 14.7 Å². The first-order valence-electron chi connectivity index (χ1n) is 10.1. The number of aromatic nitrogens is 1. The number of hydrogen-bond acceptors (Lipinski definition) is 4. The van der Waals surface area contributed by atoms with E-state index in [9.17, 15) is 22.8 Å². The van der Waals surface area contributed by atoms with Gasteiger partial charge in [0.05, 0.1) is 16.3 Å². The minimum atomic E-state index is -4.56. The molecule has 2 N–H and O–H groups in total. The second-order valence-corrected chi connectivity index (χ2v) is 7.78. The fourth-order valence-corrected chi connectivity index (χ4v) is 3.66. The summed E-state index contributed by atoms with van der Waals surface area (Å²) in [4.78, 5) is 30.0. The number of hydrogen-bond donors (Lipinski definition) is 2. The van der Waals surface area contributed by atoms with Crippen molar-refractivity contribution in [3.63, 3.8) is 0 Å². The summed E-state index contributed by atoms with van der Waals surface area (Å²) in [5.41, 5.74) is 0.598. The molecule has 1 aliphatic heterocycles. The Morgan fingerprint density at radius 3 is 2.59 bits per heavy atom. The fourth-order valence-electron chi connectivity index (χ4n) is 3.50. The molecule has 2 heterocycles. The van der Waals surface area contributed by atoms with E-state index in [1.54, 1.807) is 24.3 Å². The third-order valence-electron chi connectivity index (χ3n) is 5.15. The molecule has 2 aromatic carbocycles. The molecular weight excluding hydrogens is 473 g/mol. The highest BCUT2D eigenvalue weighted by atomic mass is 35.5. The molecule has 34 heavy (non-hydrogen) atoms. The number of carbonyl (C=O) groups excluding carboxylic acids is 2. The number of nitrogens with one attached hydrogen (secondary N) is 2. The van der Waals surface area contributed by atoms with Crippen LogP contribution in [0.4, 0.5) is 29.3 Å². The van der Waals surface area contributed by atoms with E-state index in [2.05, 4.69) is 15.6 Å². The fraction of sp³-hybridized carbons (Fsp3) is 0.174. The molecule has 0 atom stereocenters. The van der Waals surface area contributed by atoms with Crippen molar-refractivity contribution in [1.82, 2.24) is 10.3 Å². The van der Waals surface area contributed by atoms with Crippen LogP contribution in [0.15, 0.2) is 54.7 Å². The van der Waals surface area contributed by atoms with Crippen LogP contribution in [0.1, 0.15) is 21.6 Å². The number of pyridine rings is 1. The molecule has 0 saturated heterocycles. The van der Waals surface area contributed by atoms with E-state index in [1.807, 2.05) is 0 Å². The maximum atomic E-state index is 13.0. The van der Waals surface area contributed by atoms with Gasteiger partial charge >= 0.3 is 12.2 Å². The van der Waals surface area contributed by atoms with Gasteiger partial charge in [-0.1, -0.05) is 11.6 Å². The number of nitrogens with zero attached hydrogens (tertiary/aromatic N) is 2. The summed E-state index contributed by atoms with van der Waals surface area (Å²) in [5, 5.41) is 4.95. The summed E-state index contributed by atoms with van der Waals surface area (Å²) in [5.74, 6) is 0.568. The van der Waals surface area contributed by atoms with Crippen molar-refractivity contribution in [3.8, 4) is 11.5 Å². The van der Waals surface area contributed by atoms with E-state index in [4.69, 9.17) is 16.3 Å². The molecule has 7 nitrogen and oxygen atoms in total. The lowest BCUT2D eigenvalue weighted by Crippen LogP contribution is -2.33. The number of fused-ring (bicyclic) bond motifs is 1. The highest BCUT2D eigenvalue weighted by Crippen LogP contribution is 2.36. The van der Waals surface area contributed by atoms with Gasteiger partial charge in [-0.05, 0) is 54.4 Å². The normalized spacial score (nSPS) is 12.8.